The van der Waals surface area contributed by atoms with Crippen LogP contribution in [0.15, 0.2) is 12.4 Å². The lowest BCUT2D eigenvalue weighted by atomic mass is 9.87. The van der Waals surface area contributed by atoms with E-state index in [1.165, 1.54) is 12.8 Å². The molecule has 0 radical (unpaired) electrons. The maximum absolute atomic E-state index is 12.3. The van der Waals surface area contributed by atoms with E-state index in [1.807, 2.05) is 33.2 Å². The fraction of sp³-hybridized carbons (Fsp3) is 0.636. The molecule has 4 rings (SSSR count). The van der Waals surface area contributed by atoms with Gasteiger partial charge in [0.25, 0.3) is 0 Å². The summed E-state index contributed by atoms with van der Waals surface area (Å²) < 4.78 is 7.65. The van der Waals surface area contributed by atoms with Crippen molar-refractivity contribution >= 4 is 28.6 Å². The lowest BCUT2D eigenvalue weighted by Crippen LogP contribution is -2.39. The summed E-state index contributed by atoms with van der Waals surface area (Å²) in [5.74, 6) is 1.83. The third kappa shape index (κ3) is 4.27. The van der Waals surface area contributed by atoms with Crippen LogP contribution in [0.1, 0.15) is 71.7 Å². The monoisotopic (exact) mass is 412 g/mol. The number of carbonyl (C=O) groups excluding carboxylic acids is 1. The van der Waals surface area contributed by atoms with Crippen LogP contribution in [0.4, 0.5) is 10.6 Å². The van der Waals surface area contributed by atoms with Gasteiger partial charge in [-0.05, 0) is 64.4 Å². The zero-order chi connectivity index (χ0) is 21.5. The van der Waals surface area contributed by atoms with Crippen molar-refractivity contribution in [3.8, 4) is 0 Å². The lowest BCUT2D eigenvalue weighted by molar-refractivity contribution is 0.0270. The molecule has 1 fully saturated rings. The van der Waals surface area contributed by atoms with Gasteiger partial charge in [0.15, 0.2) is 17.3 Å². The third-order valence-corrected chi connectivity index (χ3v) is 5.98. The summed E-state index contributed by atoms with van der Waals surface area (Å²) in [5, 5.41) is 0. The van der Waals surface area contributed by atoms with E-state index in [1.54, 1.807) is 4.90 Å². The first-order valence-corrected chi connectivity index (χ1v) is 10.9. The molecule has 2 N–H and O–H groups in total. The quantitative estimate of drug-likeness (QED) is 0.794. The SMILES string of the molecule is CC1CCC(n2cnc3c(N)nc(C4=CCN(C(=O)OC(C)(C)C)CC4)nc32)CC1. The molecule has 30 heavy (non-hydrogen) atoms. The Morgan fingerprint density at radius 3 is 2.57 bits per heavy atom. The van der Waals surface area contributed by atoms with Gasteiger partial charge in [0.05, 0.1) is 6.33 Å². The number of fused-ring (bicyclic) bond motifs is 1. The molecule has 8 nitrogen and oxygen atoms in total. The van der Waals surface area contributed by atoms with Crippen molar-refractivity contribution in [2.75, 3.05) is 18.8 Å². The highest BCUT2D eigenvalue weighted by Crippen LogP contribution is 2.34. The fourth-order valence-electron chi connectivity index (χ4n) is 4.23. The number of hydrogen-bond donors (Lipinski definition) is 1. The van der Waals surface area contributed by atoms with Gasteiger partial charge in [0.2, 0.25) is 0 Å². The Morgan fingerprint density at radius 2 is 1.93 bits per heavy atom. The molecule has 3 heterocycles. The zero-order valence-corrected chi connectivity index (χ0v) is 18.4. The predicted octanol–water partition coefficient (Wildman–Crippen LogP) is 4.18. The standard InChI is InChI=1S/C22H32N6O2/c1-14-5-7-16(8-6-14)28-13-24-17-18(23)25-19(26-20(17)28)15-9-11-27(12-10-15)21(29)30-22(2,3)4/h9,13-14,16H,5-8,10-12H2,1-4H3,(H2,23,25,26). The second-order valence-corrected chi connectivity index (χ2v) is 9.58. The maximum Gasteiger partial charge on any atom is 0.410 e. The molecule has 0 saturated heterocycles. The van der Waals surface area contributed by atoms with Gasteiger partial charge in [-0.2, -0.15) is 0 Å². The van der Waals surface area contributed by atoms with E-state index < -0.39 is 5.60 Å². The lowest BCUT2D eigenvalue weighted by Gasteiger charge is -2.29. The predicted molar refractivity (Wildman–Crippen MR) is 117 cm³/mol. The van der Waals surface area contributed by atoms with E-state index >= 15 is 0 Å². The van der Waals surface area contributed by atoms with E-state index in [4.69, 9.17) is 15.5 Å². The molecule has 2 aliphatic rings. The fourth-order valence-corrected chi connectivity index (χ4v) is 4.23. The number of nitrogens with two attached hydrogens (primary N) is 1. The van der Waals surface area contributed by atoms with Gasteiger partial charge in [-0.1, -0.05) is 13.0 Å². The second-order valence-electron chi connectivity index (χ2n) is 9.58. The molecular weight excluding hydrogens is 380 g/mol. The molecule has 0 spiro atoms. The summed E-state index contributed by atoms with van der Waals surface area (Å²) in [6.45, 7) is 8.98. The molecule has 2 aromatic rings. The van der Waals surface area contributed by atoms with Crippen molar-refractivity contribution in [2.24, 2.45) is 5.92 Å². The molecule has 0 unspecified atom stereocenters. The Kier molecular flexibility index (Phi) is 5.42. The van der Waals surface area contributed by atoms with Gasteiger partial charge < -0.3 is 19.9 Å². The average molecular weight is 413 g/mol. The number of ether oxygens (including phenoxy) is 1. The van der Waals surface area contributed by atoms with Gasteiger partial charge in [0, 0.05) is 19.1 Å². The van der Waals surface area contributed by atoms with Crippen LogP contribution in [0.5, 0.6) is 0 Å². The summed E-state index contributed by atoms with van der Waals surface area (Å²) in [6.07, 6.45) is 8.96. The molecule has 1 aliphatic heterocycles. The molecule has 1 aliphatic carbocycles. The Hall–Kier alpha value is -2.64. The molecule has 0 bridgehead atoms. The minimum atomic E-state index is -0.501. The molecule has 0 atom stereocenters. The molecule has 8 heteroatoms. The van der Waals surface area contributed by atoms with E-state index in [9.17, 15) is 4.79 Å². The summed E-state index contributed by atoms with van der Waals surface area (Å²) in [7, 11) is 0. The van der Waals surface area contributed by atoms with Crippen LogP contribution in [0.2, 0.25) is 0 Å². The highest BCUT2D eigenvalue weighted by molar-refractivity contribution is 5.83. The molecule has 0 aromatic carbocycles. The number of amides is 1. The van der Waals surface area contributed by atoms with Crippen LogP contribution in [0, 0.1) is 5.92 Å². The molecule has 2 aromatic heterocycles. The van der Waals surface area contributed by atoms with Crippen LogP contribution in [-0.2, 0) is 4.74 Å². The summed E-state index contributed by atoms with van der Waals surface area (Å²) in [6, 6.07) is 0.413. The number of rotatable bonds is 2. The summed E-state index contributed by atoms with van der Waals surface area (Å²) in [5.41, 5.74) is 8.22. The van der Waals surface area contributed by atoms with Crippen LogP contribution in [-0.4, -0.2) is 49.2 Å². The van der Waals surface area contributed by atoms with Crippen molar-refractivity contribution in [3.05, 3.63) is 18.2 Å². The largest absolute Gasteiger partial charge is 0.444 e. The van der Waals surface area contributed by atoms with Crippen molar-refractivity contribution in [3.63, 3.8) is 0 Å². The third-order valence-electron chi connectivity index (χ3n) is 5.98. The number of aromatic nitrogens is 4. The Morgan fingerprint density at radius 1 is 1.20 bits per heavy atom. The first kappa shape index (κ1) is 20.6. The maximum atomic E-state index is 12.3. The van der Waals surface area contributed by atoms with E-state index in [2.05, 4.69) is 21.5 Å². The van der Waals surface area contributed by atoms with Gasteiger partial charge in [-0.15, -0.1) is 0 Å². The van der Waals surface area contributed by atoms with Crippen molar-refractivity contribution in [1.29, 1.82) is 0 Å². The highest BCUT2D eigenvalue weighted by atomic mass is 16.6. The van der Waals surface area contributed by atoms with Crippen LogP contribution in [0.25, 0.3) is 16.7 Å². The van der Waals surface area contributed by atoms with E-state index in [0.717, 1.165) is 30.0 Å². The Bertz CT molecular complexity index is 966. The number of imidazole rings is 1. The van der Waals surface area contributed by atoms with Gasteiger partial charge in [-0.3, -0.25) is 0 Å². The number of anilines is 1. The van der Waals surface area contributed by atoms with Gasteiger partial charge in [-0.25, -0.2) is 19.7 Å². The van der Waals surface area contributed by atoms with Crippen molar-refractivity contribution < 1.29 is 9.53 Å². The minimum Gasteiger partial charge on any atom is -0.444 e. The molecule has 162 valence electrons. The first-order valence-electron chi connectivity index (χ1n) is 10.9. The number of carbonyl (C=O) groups is 1. The van der Waals surface area contributed by atoms with Gasteiger partial charge >= 0.3 is 6.09 Å². The summed E-state index contributed by atoms with van der Waals surface area (Å²) >= 11 is 0. The molecule has 1 saturated carbocycles. The topological polar surface area (TPSA) is 99.2 Å². The zero-order valence-electron chi connectivity index (χ0n) is 18.4. The normalized spacial score (nSPS) is 22.8. The molecular formula is C22H32N6O2. The molecule has 1 amide bonds. The van der Waals surface area contributed by atoms with Crippen molar-refractivity contribution in [2.45, 2.75) is 71.4 Å². The average Bonchev–Trinajstić information content (AvgIpc) is 3.12. The van der Waals surface area contributed by atoms with E-state index in [0.29, 0.717) is 42.7 Å². The van der Waals surface area contributed by atoms with E-state index in [-0.39, 0.29) is 6.09 Å². The number of nitrogen functional groups attached to an aromatic ring is 1. The van der Waals surface area contributed by atoms with Crippen LogP contribution in [0.3, 0.4) is 0 Å². The summed E-state index contributed by atoms with van der Waals surface area (Å²) in [4.78, 5) is 27.9. The minimum absolute atomic E-state index is 0.293. The van der Waals surface area contributed by atoms with Crippen LogP contribution >= 0.6 is 0 Å². The Balaban J connectivity index is 1.56. The highest BCUT2D eigenvalue weighted by Gasteiger charge is 2.26. The first-order chi connectivity index (χ1) is 14.2. The smallest absolute Gasteiger partial charge is 0.410 e. The van der Waals surface area contributed by atoms with Crippen molar-refractivity contribution in [1.82, 2.24) is 24.4 Å². The second kappa shape index (κ2) is 7.89. The number of hydrogen-bond acceptors (Lipinski definition) is 6. The number of nitrogens with zero attached hydrogens (tertiary/aromatic N) is 5. The van der Waals surface area contributed by atoms with Gasteiger partial charge in [0.1, 0.15) is 11.1 Å². The Labute approximate surface area is 177 Å². The van der Waals surface area contributed by atoms with Crippen LogP contribution < -0.4 is 5.73 Å².